The van der Waals surface area contributed by atoms with E-state index in [1.165, 1.54) is 6.33 Å². The quantitative estimate of drug-likeness (QED) is 0.735. The molecule has 0 fully saturated rings. The molecular weight excluding hydrogens is 328 g/mol. The SMILES string of the molecule is COc1cc2ncnc(C#C[C@](C)(O)Cc3ccccc3)c2cc1OC. The Morgan fingerprint density at radius 2 is 1.73 bits per heavy atom. The maximum absolute atomic E-state index is 10.6. The Kier molecular flexibility index (Phi) is 5.06. The average Bonchev–Trinajstić information content (AvgIpc) is 2.65. The van der Waals surface area contributed by atoms with Gasteiger partial charge in [-0.15, -0.1) is 0 Å². The Balaban J connectivity index is 1.97. The summed E-state index contributed by atoms with van der Waals surface area (Å²) in [5, 5.41) is 11.4. The molecule has 0 bridgehead atoms. The van der Waals surface area contributed by atoms with Crippen molar-refractivity contribution in [3.05, 3.63) is 60.0 Å². The predicted molar refractivity (Wildman–Crippen MR) is 100 cm³/mol. The highest BCUT2D eigenvalue weighted by molar-refractivity contribution is 5.86. The minimum atomic E-state index is -1.17. The van der Waals surface area contributed by atoms with Gasteiger partial charge in [0.05, 0.1) is 19.7 Å². The van der Waals surface area contributed by atoms with E-state index >= 15 is 0 Å². The van der Waals surface area contributed by atoms with Gasteiger partial charge in [-0.25, -0.2) is 9.97 Å². The minimum Gasteiger partial charge on any atom is -0.493 e. The van der Waals surface area contributed by atoms with Gasteiger partial charge in [0.25, 0.3) is 0 Å². The molecule has 0 radical (unpaired) electrons. The van der Waals surface area contributed by atoms with E-state index in [0.29, 0.717) is 29.1 Å². The first-order valence-electron chi connectivity index (χ1n) is 8.18. The normalized spacial score (nSPS) is 12.8. The smallest absolute Gasteiger partial charge is 0.162 e. The first-order chi connectivity index (χ1) is 12.5. The van der Waals surface area contributed by atoms with Crippen molar-refractivity contribution in [1.29, 1.82) is 0 Å². The van der Waals surface area contributed by atoms with Gasteiger partial charge in [0, 0.05) is 17.9 Å². The minimum absolute atomic E-state index is 0.432. The van der Waals surface area contributed by atoms with E-state index in [-0.39, 0.29) is 0 Å². The van der Waals surface area contributed by atoms with Crippen molar-refractivity contribution in [3.8, 4) is 23.3 Å². The van der Waals surface area contributed by atoms with Crippen LogP contribution < -0.4 is 9.47 Å². The Bertz CT molecular complexity index is 973. The van der Waals surface area contributed by atoms with E-state index in [0.717, 1.165) is 10.9 Å². The van der Waals surface area contributed by atoms with Crippen molar-refractivity contribution in [2.24, 2.45) is 0 Å². The summed E-state index contributed by atoms with van der Waals surface area (Å²) in [7, 11) is 3.15. The van der Waals surface area contributed by atoms with Crippen LogP contribution in [0.15, 0.2) is 48.8 Å². The molecule has 0 saturated heterocycles. The fraction of sp³-hybridized carbons (Fsp3) is 0.238. The second-order valence-corrected chi connectivity index (χ2v) is 6.13. The Morgan fingerprint density at radius 3 is 2.42 bits per heavy atom. The molecular formula is C21H20N2O3. The Labute approximate surface area is 152 Å². The number of rotatable bonds is 4. The molecule has 0 unspecified atom stereocenters. The largest absolute Gasteiger partial charge is 0.493 e. The molecule has 0 amide bonds. The van der Waals surface area contributed by atoms with Gasteiger partial charge in [0.1, 0.15) is 17.6 Å². The van der Waals surface area contributed by atoms with Crippen molar-refractivity contribution in [3.63, 3.8) is 0 Å². The average molecular weight is 348 g/mol. The van der Waals surface area contributed by atoms with Crippen LogP contribution in [-0.4, -0.2) is 34.9 Å². The summed E-state index contributed by atoms with van der Waals surface area (Å²) in [4.78, 5) is 8.52. The molecule has 1 heterocycles. The zero-order valence-electron chi connectivity index (χ0n) is 15.0. The summed E-state index contributed by atoms with van der Waals surface area (Å²) in [6.45, 7) is 1.69. The monoisotopic (exact) mass is 348 g/mol. The molecule has 0 aliphatic rings. The maximum Gasteiger partial charge on any atom is 0.162 e. The molecule has 2 aromatic carbocycles. The lowest BCUT2D eigenvalue weighted by Gasteiger charge is -2.16. The van der Waals surface area contributed by atoms with E-state index in [1.54, 1.807) is 33.3 Å². The van der Waals surface area contributed by atoms with E-state index < -0.39 is 5.60 Å². The molecule has 3 aromatic rings. The molecule has 0 aliphatic carbocycles. The van der Waals surface area contributed by atoms with Crippen LogP contribution in [0.1, 0.15) is 18.2 Å². The van der Waals surface area contributed by atoms with Gasteiger partial charge in [0.15, 0.2) is 11.5 Å². The third kappa shape index (κ3) is 3.93. The van der Waals surface area contributed by atoms with E-state index in [1.807, 2.05) is 30.3 Å². The van der Waals surface area contributed by atoms with Crippen LogP contribution >= 0.6 is 0 Å². The number of aliphatic hydroxyl groups is 1. The lowest BCUT2D eigenvalue weighted by Crippen LogP contribution is -2.24. The van der Waals surface area contributed by atoms with Crippen molar-refractivity contribution in [2.45, 2.75) is 18.9 Å². The highest BCUT2D eigenvalue weighted by atomic mass is 16.5. The molecule has 3 rings (SSSR count). The van der Waals surface area contributed by atoms with Gasteiger partial charge in [-0.2, -0.15) is 0 Å². The van der Waals surface area contributed by atoms with Crippen LogP contribution in [0.25, 0.3) is 10.9 Å². The van der Waals surface area contributed by atoms with Crippen molar-refractivity contribution in [1.82, 2.24) is 9.97 Å². The second-order valence-electron chi connectivity index (χ2n) is 6.13. The van der Waals surface area contributed by atoms with Crippen LogP contribution in [-0.2, 0) is 6.42 Å². The van der Waals surface area contributed by atoms with E-state index in [4.69, 9.17) is 9.47 Å². The third-order valence-electron chi connectivity index (χ3n) is 3.98. The van der Waals surface area contributed by atoms with Gasteiger partial charge in [-0.05, 0) is 24.5 Å². The number of aromatic nitrogens is 2. The van der Waals surface area contributed by atoms with Crippen LogP contribution in [0, 0.1) is 11.8 Å². The number of hydrogen-bond donors (Lipinski definition) is 1. The highest BCUT2D eigenvalue weighted by Gasteiger charge is 2.18. The lowest BCUT2D eigenvalue weighted by molar-refractivity contribution is 0.123. The van der Waals surface area contributed by atoms with Crippen molar-refractivity contribution >= 4 is 10.9 Å². The topological polar surface area (TPSA) is 64.5 Å². The van der Waals surface area contributed by atoms with Gasteiger partial charge in [-0.3, -0.25) is 0 Å². The Hall–Kier alpha value is -3.10. The summed E-state index contributed by atoms with van der Waals surface area (Å²) in [5.74, 6) is 7.08. The molecule has 1 atom stereocenters. The lowest BCUT2D eigenvalue weighted by atomic mass is 9.97. The van der Waals surface area contributed by atoms with Crippen LogP contribution in [0.3, 0.4) is 0 Å². The molecule has 1 N–H and O–H groups in total. The van der Waals surface area contributed by atoms with Crippen LogP contribution in [0.2, 0.25) is 0 Å². The molecule has 0 spiro atoms. The number of nitrogens with zero attached hydrogens (tertiary/aromatic N) is 2. The third-order valence-corrected chi connectivity index (χ3v) is 3.98. The summed E-state index contributed by atoms with van der Waals surface area (Å²) < 4.78 is 10.6. The van der Waals surface area contributed by atoms with Gasteiger partial charge in [-0.1, -0.05) is 36.3 Å². The highest BCUT2D eigenvalue weighted by Crippen LogP contribution is 2.32. The first-order valence-corrected chi connectivity index (χ1v) is 8.18. The maximum atomic E-state index is 10.6. The van der Waals surface area contributed by atoms with Gasteiger partial charge < -0.3 is 14.6 Å². The predicted octanol–water partition coefficient (Wildman–Crippen LogP) is 2.99. The zero-order chi connectivity index (χ0) is 18.6. The second kappa shape index (κ2) is 7.42. The van der Waals surface area contributed by atoms with Crippen LogP contribution in [0.4, 0.5) is 0 Å². The van der Waals surface area contributed by atoms with Crippen molar-refractivity contribution in [2.75, 3.05) is 14.2 Å². The molecule has 5 nitrogen and oxygen atoms in total. The molecule has 1 aromatic heterocycles. The summed E-state index contributed by atoms with van der Waals surface area (Å²) in [6.07, 6.45) is 1.88. The van der Waals surface area contributed by atoms with Gasteiger partial charge >= 0.3 is 0 Å². The van der Waals surface area contributed by atoms with E-state index in [2.05, 4.69) is 21.8 Å². The Morgan fingerprint density at radius 1 is 1.04 bits per heavy atom. The number of hydrogen-bond acceptors (Lipinski definition) is 5. The molecule has 0 aliphatic heterocycles. The fourth-order valence-corrected chi connectivity index (χ4v) is 2.71. The van der Waals surface area contributed by atoms with Gasteiger partial charge in [0.2, 0.25) is 0 Å². The first kappa shape index (κ1) is 17.7. The fourth-order valence-electron chi connectivity index (χ4n) is 2.71. The molecule has 26 heavy (non-hydrogen) atoms. The number of benzene rings is 2. The van der Waals surface area contributed by atoms with Crippen LogP contribution in [0.5, 0.6) is 11.5 Å². The number of fused-ring (bicyclic) bond motifs is 1. The number of methoxy groups -OCH3 is 2. The van der Waals surface area contributed by atoms with Crippen molar-refractivity contribution < 1.29 is 14.6 Å². The summed E-state index contributed by atoms with van der Waals surface area (Å²) in [5.41, 5.74) is 1.08. The van der Waals surface area contributed by atoms with E-state index in [9.17, 15) is 5.11 Å². The molecule has 132 valence electrons. The number of ether oxygens (including phenoxy) is 2. The summed E-state index contributed by atoms with van der Waals surface area (Å²) >= 11 is 0. The summed E-state index contributed by atoms with van der Waals surface area (Å²) in [6, 6.07) is 13.3. The zero-order valence-corrected chi connectivity index (χ0v) is 15.0. The molecule has 5 heteroatoms. The standard InChI is InChI=1S/C21H20N2O3/c1-21(24,13-15-7-5-4-6-8-15)10-9-17-16-11-19(25-2)20(26-3)12-18(16)23-14-22-17/h4-8,11-12,14,24H,13H2,1-3H3/t21-/m0/s1. The molecule has 0 saturated carbocycles.